The van der Waals surface area contributed by atoms with Gasteiger partial charge >= 0.3 is 0 Å². The fourth-order valence-corrected chi connectivity index (χ4v) is 1.31. The van der Waals surface area contributed by atoms with Crippen molar-refractivity contribution in [3.63, 3.8) is 0 Å². The first-order valence-electron chi connectivity index (χ1n) is 4.80. The number of hydrogen-bond donors (Lipinski definition) is 2. The van der Waals surface area contributed by atoms with E-state index in [-0.39, 0.29) is 5.82 Å². The monoisotopic (exact) mass is 218 g/mol. The highest BCUT2D eigenvalue weighted by Gasteiger charge is 1.97. The van der Waals surface area contributed by atoms with Crippen LogP contribution in [0.25, 0.3) is 0 Å². The molecule has 0 saturated heterocycles. The molecule has 4 nitrogen and oxygen atoms in total. The largest absolute Gasteiger partial charge is 0.382 e. The van der Waals surface area contributed by atoms with E-state index >= 15 is 0 Å². The van der Waals surface area contributed by atoms with Gasteiger partial charge in [0.25, 0.3) is 0 Å². The summed E-state index contributed by atoms with van der Waals surface area (Å²) in [5, 5.41) is 3.01. The fraction of sp³-hybridized carbons (Fsp3) is 0.0909. The molecule has 0 aliphatic heterocycles. The van der Waals surface area contributed by atoms with Crippen LogP contribution in [-0.4, -0.2) is 9.97 Å². The average molecular weight is 218 g/mol. The summed E-state index contributed by atoms with van der Waals surface area (Å²) in [6, 6.07) is 6.36. The van der Waals surface area contributed by atoms with Gasteiger partial charge < -0.3 is 11.1 Å². The number of aromatic nitrogens is 2. The minimum Gasteiger partial charge on any atom is -0.382 e. The van der Waals surface area contributed by atoms with Gasteiger partial charge in [-0.2, -0.15) is 0 Å². The molecule has 0 unspecified atom stereocenters. The van der Waals surface area contributed by atoms with Crippen molar-refractivity contribution < 1.29 is 4.39 Å². The lowest BCUT2D eigenvalue weighted by Gasteiger charge is -2.05. The average Bonchev–Trinajstić information content (AvgIpc) is 2.27. The number of benzene rings is 1. The van der Waals surface area contributed by atoms with Gasteiger partial charge in [0.15, 0.2) is 0 Å². The molecule has 2 aromatic rings. The Kier molecular flexibility index (Phi) is 2.95. The van der Waals surface area contributed by atoms with Crippen LogP contribution in [0.3, 0.4) is 0 Å². The van der Waals surface area contributed by atoms with Crippen LogP contribution in [0.1, 0.15) is 5.56 Å². The molecule has 0 saturated carbocycles. The van der Waals surface area contributed by atoms with Gasteiger partial charge in [-0.25, -0.2) is 9.37 Å². The molecular weight excluding hydrogens is 207 g/mol. The normalized spacial score (nSPS) is 10.1. The van der Waals surface area contributed by atoms with Gasteiger partial charge in [-0.3, -0.25) is 4.98 Å². The second kappa shape index (κ2) is 4.57. The van der Waals surface area contributed by atoms with Crippen LogP contribution in [0.4, 0.5) is 16.0 Å². The summed E-state index contributed by atoms with van der Waals surface area (Å²) < 4.78 is 12.9. The molecule has 3 N–H and O–H groups in total. The van der Waals surface area contributed by atoms with Gasteiger partial charge in [0, 0.05) is 6.54 Å². The first-order chi connectivity index (χ1) is 7.74. The van der Waals surface area contributed by atoms with Crippen molar-refractivity contribution in [1.82, 2.24) is 9.97 Å². The van der Waals surface area contributed by atoms with E-state index in [0.29, 0.717) is 18.2 Å². The molecule has 0 radical (unpaired) electrons. The Hall–Kier alpha value is -2.17. The molecule has 0 atom stereocenters. The number of nitrogens with one attached hydrogen (secondary N) is 1. The predicted octanol–water partition coefficient (Wildman–Crippen LogP) is 1.81. The Labute approximate surface area is 92.3 Å². The highest BCUT2D eigenvalue weighted by molar-refractivity contribution is 5.39. The van der Waals surface area contributed by atoms with Crippen LogP contribution in [0.2, 0.25) is 0 Å². The summed E-state index contributed by atoms with van der Waals surface area (Å²) in [6.07, 6.45) is 3.03. The number of nitrogen functional groups attached to an aromatic ring is 1. The van der Waals surface area contributed by atoms with E-state index in [4.69, 9.17) is 5.73 Å². The molecule has 0 aliphatic rings. The summed E-state index contributed by atoms with van der Waals surface area (Å²) in [7, 11) is 0. The Morgan fingerprint density at radius 2 is 2.19 bits per heavy atom. The molecule has 2 rings (SSSR count). The van der Waals surface area contributed by atoms with Crippen LogP contribution < -0.4 is 11.1 Å². The Bertz CT molecular complexity index is 441. The zero-order valence-electron chi connectivity index (χ0n) is 8.52. The minimum atomic E-state index is -0.252. The van der Waals surface area contributed by atoms with E-state index in [1.54, 1.807) is 12.3 Å². The van der Waals surface area contributed by atoms with E-state index in [1.807, 2.05) is 6.07 Å². The smallest absolute Gasteiger partial charge is 0.147 e. The zero-order valence-corrected chi connectivity index (χ0v) is 8.52. The Balaban J connectivity index is 2.02. The van der Waals surface area contributed by atoms with E-state index in [0.717, 1.165) is 5.56 Å². The van der Waals surface area contributed by atoms with E-state index in [2.05, 4.69) is 15.3 Å². The molecule has 1 aromatic heterocycles. The van der Waals surface area contributed by atoms with Gasteiger partial charge in [-0.1, -0.05) is 12.1 Å². The van der Waals surface area contributed by atoms with E-state index < -0.39 is 0 Å². The summed E-state index contributed by atoms with van der Waals surface area (Å²) in [5.41, 5.74) is 6.32. The summed E-state index contributed by atoms with van der Waals surface area (Å²) in [4.78, 5) is 7.91. The number of hydrogen-bond acceptors (Lipinski definition) is 4. The third kappa shape index (κ3) is 2.66. The number of rotatable bonds is 3. The van der Waals surface area contributed by atoms with Gasteiger partial charge in [0.05, 0.1) is 12.4 Å². The lowest BCUT2D eigenvalue weighted by molar-refractivity contribution is 0.626. The molecule has 0 spiro atoms. The van der Waals surface area contributed by atoms with Crippen LogP contribution in [-0.2, 0) is 6.54 Å². The maximum Gasteiger partial charge on any atom is 0.147 e. The minimum absolute atomic E-state index is 0.252. The third-order valence-electron chi connectivity index (χ3n) is 2.02. The molecule has 0 amide bonds. The molecule has 5 heteroatoms. The van der Waals surface area contributed by atoms with Crippen LogP contribution in [0.5, 0.6) is 0 Å². The fourth-order valence-electron chi connectivity index (χ4n) is 1.31. The lowest BCUT2D eigenvalue weighted by Crippen LogP contribution is -2.03. The Morgan fingerprint density at radius 3 is 2.94 bits per heavy atom. The molecule has 16 heavy (non-hydrogen) atoms. The maximum atomic E-state index is 12.9. The van der Waals surface area contributed by atoms with Crippen molar-refractivity contribution in [2.45, 2.75) is 6.54 Å². The molecular formula is C11H11FN4. The second-order valence-corrected chi connectivity index (χ2v) is 3.31. The maximum absolute atomic E-state index is 12.9. The highest BCUT2D eigenvalue weighted by Crippen LogP contribution is 2.07. The van der Waals surface area contributed by atoms with Crippen molar-refractivity contribution in [1.29, 1.82) is 0 Å². The van der Waals surface area contributed by atoms with Crippen molar-refractivity contribution in [3.8, 4) is 0 Å². The molecule has 0 bridgehead atoms. The molecule has 0 fully saturated rings. The SMILES string of the molecule is Nc1cncc(NCc2cccc(F)c2)n1. The number of anilines is 2. The summed E-state index contributed by atoms with van der Waals surface area (Å²) in [6.45, 7) is 0.482. The van der Waals surface area contributed by atoms with Crippen molar-refractivity contribution in [2.75, 3.05) is 11.1 Å². The number of halogens is 1. The lowest BCUT2D eigenvalue weighted by atomic mass is 10.2. The topological polar surface area (TPSA) is 63.8 Å². The van der Waals surface area contributed by atoms with Crippen LogP contribution >= 0.6 is 0 Å². The molecule has 0 aliphatic carbocycles. The summed E-state index contributed by atoms with van der Waals surface area (Å²) >= 11 is 0. The third-order valence-corrected chi connectivity index (χ3v) is 2.02. The van der Waals surface area contributed by atoms with Crippen LogP contribution in [0.15, 0.2) is 36.7 Å². The predicted molar refractivity (Wildman–Crippen MR) is 60.2 cm³/mol. The number of nitrogens with two attached hydrogens (primary N) is 1. The first kappa shape index (κ1) is 10.4. The Morgan fingerprint density at radius 1 is 1.31 bits per heavy atom. The van der Waals surface area contributed by atoms with E-state index in [9.17, 15) is 4.39 Å². The summed E-state index contributed by atoms with van der Waals surface area (Å²) in [5.74, 6) is 0.673. The van der Waals surface area contributed by atoms with Crippen molar-refractivity contribution >= 4 is 11.6 Å². The molecule has 1 heterocycles. The van der Waals surface area contributed by atoms with Crippen molar-refractivity contribution in [3.05, 3.63) is 48.0 Å². The van der Waals surface area contributed by atoms with Crippen molar-refractivity contribution in [2.24, 2.45) is 0 Å². The quantitative estimate of drug-likeness (QED) is 0.824. The van der Waals surface area contributed by atoms with Gasteiger partial charge in [-0.05, 0) is 17.7 Å². The molecule has 1 aromatic carbocycles. The van der Waals surface area contributed by atoms with Gasteiger partial charge in [0.1, 0.15) is 17.5 Å². The van der Waals surface area contributed by atoms with Gasteiger partial charge in [0.2, 0.25) is 0 Å². The standard InChI is InChI=1S/C11H11FN4/c12-9-3-1-2-8(4-9)5-15-11-7-14-6-10(13)16-11/h1-4,6-7H,5H2,(H3,13,15,16). The number of nitrogens with zero attached hydrogens (tertiary/aromatic N) is 2. The first-order valence-corrected chi connectivity index (χ1v) is 4.80. The van der Waals surface area contributed by atoms with Gasteiger partial charge in [-0.15, -0.1) is 0 Å². The second-order valence-electron chi connectivity index (χ2n) is 3.31. The highest BCUT2D eigenvalue weighted by atomic mass is 19.1. The van der Waals surface area contributed by atoms with Crippen LogP contribution in [0, 0.1) is 5.82 Å². The molecule has 82 valence electrons. The van der Waals surface area contributed by atoms with E-state index in [1.165, 1.54) is 18.3 Å². The zero-order chi connectivity index (χ0) is 11.4.